The number of ether oxygens (including phenoxy) is 1. The molecule has 24 heavy (non-hydrogen) atoms. The monoisotopic (exact) mass is 343 g/mol. The minimum absolute atomic E-state index is 0.152. The first kappa shape index (κ1) is 17.4. The molecule has 7 heteroatoms. The van der Waals surface area contributed by atoms with Crippen molar-refractivity contribution >= 4 is 23.5 Å². The molecule has 0 radical (unpaired) electrons. The summed E-state index contributed by atoms with van der Waals surface area (Å²) in [4.78, 5) is 27.8. The maximum Gasteiger partial charge on any atom is 0.325 e. The summed E-state index contributed by atoms with van der Waals surface area (Å²) in [5, 5.41) is 12.3. The van der Waals surface area contributed by atoms with Gasteiger partial charge in [-0.1, -0.05) is 23.7 Å². The van der Waals surface area contributed by atoms with Gasteiger partial charge in [0.2, 0.25) is 0 Å². The lowest BCUT2D eigenvalue weighted by molar-refractivity contribution is -0.139. The number of esters is 1. The number of rotatable bonds is 4. The molecule has 0 saturated heterocycles. The van der Waals surface area contributed by atoms with E-state index in [4.69, 9.17) is 11.6 Å². The van der Waals surface area contributed by atoms with E-state index in [9.17, 15) is 14.9 Å². The van der Waals surface area contributed by atoms with Gasteiger partial charge in [0.25, 0.3) is 5.91 Å². The van der Waals surface area contributed by atoms with Crippen LogP contribution >= 0.6 is 11.6 Å². The van der Waals surface area contributed by atoms with Crippen LogP contribution in [-0.2, 0) is 9.53 Å². The second-order valence-corrected chi connectivity index (χ2v) is 5.33. The molecule has 0 spiro atoms. The topological polar surface area (TPSA) is 92.1 Å². The number of hydrogen-bond acceptors (Lipinski definition) is 5. The molecule has 0 bridgehead atoms. The van der Waals surface area contributed by atoms with E-state index in [1.165, 1.54) is 13.2 Å². The van der Waals surface area contributed by atoms with Gasteiger partial charge in [0, 0.05) is 10.6 Å². The fourth-order valence-corrected chi connectivity index (χ4v) is 2.21. The summed E-state index contributed by atoms with van der Waals surface area (Å²) in [6, 6.07) is 10.5. The number of amides is 1. The molecule has 0 aliphatic heterocycles. The minimum atomic E-state index is -0.578. The van der Waals surface area contributed by atoms with Crippen LogP contribution in [0.4, 0.5) is 0 Å². The quantitative estimate of drug-likeness (QED) is 0.861. The molecule has 0 aliphatic rings. The molecule has 0 aliphatic carbocycles. The van der Waals surface area contributed by atoms with Crippen LogP contribution in [0.1, 0.15) is 21.6 Å². The Morgan fingerprint density at radius 2 is 2.00 bits per heavy atom. The summed E-state index contributed by atoms with van der Waals surface area (Å²) in [5.41, 5.74) is 2.03. The van der Waals surface area contributed by atoms with Crippen molar-refractivity contribution in [2.45, 2.75) is 6.92 Å². The average molecular weight is 344 g/mol. The molecule has 0 unspecified atom stereocenters. The van der Waals surface area contributed by atoms with Crippen molar-refractivity contribution in [3.63, 3.8) is 0 Å². The normalized spacial score (nSPS) is 9.92. The number of carbonyl (C=O) groups excluding carboxylic acids is 2. The average Bonchev–Trinajstić information content (AvgIpc) is 2.59. The van der Waals surface area contributed by atoms with Crippen LogP contribution in [-0.4, -0.2) is 30.5 Å². The molecule has 0 fully saturated rings. The fraction of sp³-hybridized carbons (Fsp3) is 0.176. The lowest BCUT2D eigenvalue weighted by Gasteiger charge is -2.10. The van der Waals surface area contributed by atoms with Gasteiger partial charge in [-0.15, -0.1) is 0 Å². The number of aryl methyl sites for hydroxylation is 1. The molecular weight excluding hydrogens is 330 g/mol. The van der Waals surface area contributed by atoms with E-state index in [0.29, 0.717) is 16.4 Å². The Morgan fingerprint density at radius 1 is 1.33 bits per heavy atom. The molecule has 2 rings (SSSR count). The van der Waals surface area contributed by atoms with Gasteiger partial charge in [0.1, 0.15) is 12.6 Å². The highest BCUT2D eigenvalue weighted by molar-refractivity contribution is 6.30. The van der Waals surface area contributed by atoms with Crippen LogP contribution in [0, 0.1) is 18.3 Å². The molecular formula is C17H14ClN3O3. The number of nitrogens with zero attached hydrogens (tertiary/aromatic N) is 2. The van der Waals surface area contributed by atoms with Gasteiger partial charge in [0.15, 0.2) is 0 Å². The summed E-state index contributed by atoms with van der Waals surface area (Å²) in [6.07, 6.45) is 0. The van der Waals surface area contributed by atoms with Crippen LogP contribution < -0.4 is 5.32 Å². The zero-order valence-corrected chi connectivity index (χ0v) is 13.8. The molecule has 0 saturated carbocycles. The summed E-state index contributed by atoms with van der Waals surface area (Å²) in [7, 11) is 1.23. The maximum atomic E-state index is 12.3. The first-order valence-corrected chi connectivity index (χ1v) is 7.36. The highest BCUT2D eigenvalue weighted by Crippen LogP contribution is 2.23. The van der Waals surface area contributed by atoms with Gasteiger partial charge < -0.3 is 10.1 Å². The number of nitriles is 1. The number of methoxy groups -OCH3 is 1. The second-order valence-electron chi connectivity index (χ2n) is 4.89. The van der Waals surface area contributed by atoms with Crippen molar-refractivity contribution in [1.29, 1.82) is 5.26 Å². The highest BCUT2D eigenvalue weighted by atomic mass is 35.5. The fourth-order valence-electron chi connectivity index (χ4n) is 2.08. The molecule has 6 nitrogen and oxygen atoms in total. The predicted molar refractivity (Wildman–Crippen MR) is 88.5 cm³/mol. The molecule has 0 atom stereocenters. The highest BCUT2D eigenvalue weighted by Gasteiger charge is 2.17. The minimum Gasteiger partial charge on any atom is -0.468 e. The van der Waals surface area contributed by atoms with Gasteiger partial charge in [-0.2, -0.15) is 5.26 Å². The van der Waals surface area contributed by atoms with E-state index in [2.05, 4.69) is 15.0 Å². The van der Waals surface area contributed by atoms with Crippen LogP contribution in [0.2, 0.25) is 5.02 Å². The number of hydrogen-bond donors (Lipinski definition) is 1. The van der Waals surface area contributed by atoms with Gasteiger partial charge in [-0.05, 0) is 25.1 Å². The summed E-state index contributed by atoms with van der Waals surface area (Å²) in [5.74, 6) is -1.12. The van der Waals surface area contributed by atoms with E-state index in [1.807, 2.05) is 6.07 Å². The molecule has 1 amide bonds. The van der Waals surface area contributed by atoms with Crippen molar-refractivity contribution < 1.29 is 14.3 Å². The molecule has 1 heterocycles. The van der Waals surface area contributed by atoms with Crippen molar-refractivity contribution in [2.75, 3.05) is 13.7 Å². The van der Waals surface area contributed by atoms with Gasteiger partial charge in [-0.3, -0.25) is 14.6 Å². The Bertz CT molecular complexity index is 826. The van der Waals surface area contributed by atoms with Crippen LogP contribution in [0.5, 0.6) is 0 Å². The summed E-state index contributed by atoms with van der Waals surface area (Å²) >= 11 is 5.87. The van der Waals surface area contributed by atoms with E-state index >= 15 is 0 Å². The summed E-state index contributed by atoms with van der Waals surface area (Å²) < 4.78 is 4.48. The van der Waals surface area contributed by atoms with Crippen molar-refractivity contribution in [1.82, 2.24) is 10.3 Å². The van der Waals surface area contributed by atoms with Crippen LogP contribution in [0.15, 0.2) is 30.3 Å². The first-order chi connectivity index (χ1) is 11.5. The third kappa shape index (κ3) is 3.89. The SMILES string of the molecule is COC(=O)CNC(=O)c1cc(-c2ccc(Cl)cc2)nc(C)c1C#N. The van der Waals surface area contributed by atoms with Crippen molar-refractivity contribution in [3.05, 3.63) is 52.2 Å². The third-order valence-corrected chi connectivity index (χ3v) is 3.57. The zero-order chi connectivity index (χ0) is 17.7. The Balaban J connectivity index is 2.42. The van der Waals surface area contributed by atoms with Gasteiger partial charge >= 0.3 is 5.97 Å². The Labute approximate surface area is 144 Å². The van der Waals surface area contributed by atoms with Gasteiger partial charge in [-0.25, -0.2) is 0 Å². The molecule has 122 valence electrons. The van der Waals surface area contributed by atoms with E-state index in [1.54, 1.807) is 31.2 Å². The lowest BCUT2D eigenvalue weighted by Crippen LogP contribution is -2.31. The molecule has 1 aromatic heterocycles. The zero-order valence-electron chi connectivity index (χ0n) is 13.1. The number of benzene rings is 1. The van der Waals surface area contributed by atoms with E-state index < -0.39 is 11.9 Å². The number of aromatic nitrogens is 1. The lowest BCUT2D eigenvalue weighted by atomic mass is 10.0. The second kappa shape index (κ2) is 7.57. The smallest absolute Gasteiger partial charge is 0.325 e. The number of pyridine rings is 1. The number of carbonyl (C=O) groups is 2. The van der Waals surface area contributed by atoms with Gasteiger partial charge in [0.05, 0.1) is 29.6 Å². The maximum absolute atomic E-state index is 12.3. The number of nitrogens with one attached hydrogen (secondary N) is 1. The number of halogens is 1. The molecule has 2 aromatic rings. The largest absolute Gasteiger partial charge is 0.468 e. The van der Waals surface area contributed by atoms with Crippen LogP contribution in [0.25, 0.3) is 11.3 Å². The molecule has 1 N–H and O–H groups in total. The summed E-state index contributed by atoms with van der Waals surface area (Å²) in [6.45, 7) is 1.37. The Morgan fingerprint density at radius 3 is 2.58 bits per heavy atom. The Kier molecular flexibility index (Phi) is 5.51. The predicted octanol–water partition coefficient (Wildman–Crippen LogP) is 2.48. The van der Waals surface area contributed by atoms with Crippen molar-refractivity contribution in [2.24, 2.45) is 0 Å². The Hall–Kier alpha value is -2.91. The van der Waals surface area contributed by atoms with E-state index in [-0.39, 0.29) is 17.7 Å². The molecule has 1 aromatic carbocycles. The van der Waals surface area contributed by atoms with Crippen molar-refractivity contribution in [3.8, 4) is 17.3 Å². The first-order valence-electron chi connectivity index (χ1n) is 6.99. The standard InChI is InChI=1S/C17H14ClN3O3/c1-10-14(8-19)13(17(23)20-9-16(22)24-2)7-15(21-10)11-3-5-12(18)6-4-11/h3-7H,9H2,1-2H3,(H,20,23). The third-order valence-electron chi connectivity index (χ3n) is 3.32. The van der Waals surface area contributed by atoms with Crippen LogP contribution in [0.3, 0.4) is 0 Å². The van der Waals surface area contributed by atoms with E-state index in [0.717, 1.165) is 5.56 Å².